The molecule has 0 aromatic carbocycles. The van der Waals surface area contributed by atoms with Gasteiger partial charge in [-0.3, -0.25) is 0 Å². The predicted octanol–water partition coefficient (Wildman–Crippen LogP) is 3.15. The highest BCUT2D eigenvalue weighted by Crippen LogP contribution is 2.35. The average Bonchev–Trinajstić information content (AvgIpc) is 2.28. The van der Waals surface area contributed by atoms with E-state index in [1.807, 2.05) is 0 Å². The smallest absolute Gasteiger partial charge is 0.347 e. The van der Waals surface area contributed by atoms with Gasteiger partial charge in [-0.15, -0.1) is 0 Å². The van der Waals surface area contributed by atoms with Crippen LogP contribution in [0.2, 0.25) is 0 Å². The molecule has 0 radical (unpaired) electrons. The Hall–Kier alpha value is 0.110. The van der Waals surface area contributed by atoms with Crippen molar-refractivity contribution in [2.45, 2.75) is 50.0 Å². The molecule has 0 spiro atoms. The largest absolute Gasteiger partial charge is 0.385 e. The van der Waals surface area contributed by atoms with Gasteiger partial charge in [0.15, 0.2) is 0 Å². The standard InChI is InChI=1S/C9H15ClF2O/c10-9(11,12)8(13)7-5-3-1-2-4-6-7/h7-8,13H,1-6H2. The SMILES string of the molecule is OC(C1CCCCCC1)C(F)(F)Cl. The van der Waals surface area contributed by atoms with Crippen molar-refractivity contribution in [1.29, 1.82) is 0 Å². The summed E-state index contributed by atoms with van der Waals surface area (Å²) in [4.78, 5) is 0. The van der Waals surface area contributed by atoms with Gasteiger partial charge in [0.2, 0.25) is 0 Å². The maximum Gasteiger partial charge on any atom is 0.347 e. The van der Waals surface area contributed by atoms with Gasteiger partial charge in [0, 0.05) is 0 Å². The molecule has 1 unspecified atom stereocenters. The summed E-state index contributed by atoms with van der Waals surface area (Å²) >= 11 is 4.79. The number of rotatable bonds is 2. The van der Waals surface area contributed by atoms with Gasteiger partial charge >= 0.3 is 5.38 Å². The van der Waals surface area contributed by atoms with Crippen molar-refractivity contribution >= 4 is 11.6 Å². The Balaban J connectivity index is 2.48. The van der Waals surface area contributed by atoms with E-state index in [2.05, 4.69) is 0 Å². The zero-order chi connectivity index (χ0) is 9.90. The lowest BCUT2D eigenvalue weighted by atomic mass is 9.94. The quantitative estimate of drug-likeness (QED) is 0.551. The van der Waals surface area contributed by atoms with Crippen LogP contribution in [0.15, 0.2) is 0 Å². The molecule has 1 rings (SSSR count). The first-order valence-electron chi connectivity index (χ1n) is 4.76. The van der Waals surface area contributed by atoms with Crippen molar-refractivity contribution in [2.75, 3.05) is 0 Å². The van der Waals surface area contributed by atoms with Crippen LogP contribution in [0.25, 0.3) is 0 Å². The van der Waals surface area contributed by atoms with E-state index in [1.54, 1.807) is 0 Å². The molecule has 1 aliphatic carbocycles. The Morgan fingerprint density at radius 1 is 1.15 bits per heavy atom. The second-order valence-corrected chi connectivity index (χ2v) is 4.24. The van der Waals surface area contributed by atoms with Crippen molar-refractivity contribution in [3.63, 3.8) is 0 Å². The summed E-state index contributed by atoms with van der Waals surface area (Å²) in [6.45, 7) is 0. The maximum absolute atomic E-state index is 12.5. The van der Waals surface area contributed by atoms with E-state index in [-0.39, 0.29) is 5.92 Å². The molecule has 1 saturated carbocycles. The van der Waals surface area contributed by atoms with Crippen LogP contribution in [0.3, 0.4) is 0 Å². The van der Waals surface area contributed by atoms with Crippen LogP contribution in [0.1, 0.15) is 38.5 Å². The number of hydrogen-bond donors (Lipinski definition) is 1. The van der Waals surface area contributed by atoms with Gasteiger partial charge < -0.3 is 5.11 Å². The summed E-state index contributed by atoms with van der Waals surface area (Å²) < 4.78 is 25.1. The Morgan fingerprint density at radius 3 is 2.00 bits per heavy atom. The Bertz CT molecular complexity index is 150. The summed E-state index contributed by atoms with van der Waals surface area (Å²) in [7, 11) is 0. The molecule has 4 heteroatoms. The molecule has 13 heavy (non-hydrogen) atoms. The molecular formula is C9H15ClF2O. The summed E-state index contributed by atoms with van der Waals surface area (Å²) in [6, 6.07) is 0. The van der Waals surface area contributed by atoms with Gasteiger partial charge in [-0.05, 0) is 30.4 Å². The van der Waals surface area contributed by atoms with Crippen LogP contribution in [-0.2, 0) is 0 Å². The predicted molar refractivity (Wildman–Crippen MR) is 48.0 cm³/mol. The van der Waals surface area contributed by atoms with Crippen LogP contribution >= 0.6 is 11.6 Å². The number of halogens is 3. The molecule has 0 saturated heterocycles. The molecule has 0 bridgehead atoms. The van der Waals surface area contributed by atoms with Crippen molar-refractivity contribution in [2.24, 2.45) is 5.92 Å². The highest BCUT2D eigenvalue weighted by molar-refractivity contribution is 6.22. The third-order valence-corrected chi connectivity index (χ3v) is 2.91. The highest BCUT2D eigenvalue weighted by Gasteiger charge is 2.40. The molecule has 0 amide bonds. The number of alkyl halides is 3. The molecule has 0 aromatic rings. The molecule has 0 aliphatic heterocycles. The summed E-state index contributed by atoms with van der Waals surface area (Å²) in [6.07, 6.45) is 3.68. The second kappa shape index (κ2) is 4.56. The van der Waals surface area contributed by atoms with Crippen LogP contribution in [0, 0.1) is 5.92 Å². The van der Waals surface area contributed by atoms with Gasteiger partial charge in [-0.25, -0.2) is 0 Å². The highest BCUT2D eigenvalue weighted by atomic mass is 35.5. The fraction of sp³-hybridized carbons (Fsp3) is 1.00. The third kappa shape index (κ3) is 3.39. The lowest BCUT2D eigenvalue weighted by Crippen LogP contribution is -2.34. The van der Waals surface area contributed by atoms with Gasteiger partial charge in [-0.2, -0.15) is 8.78 Å². The first-order valence-corrected chi connectivity index (χ1v) is 5.14. The van der Waals surface area contributed by atoms with E-state index in [1.165, 1.54) is 0 Å². The van der Waals surface area contributed by atoms with E-state index in [0.29, 0.717) is 12.8 Å². The Morgan fingerprint density at radius 2 is 1.62 bits per heavy atom. The monoisotopic (exact) mass is 212 g/mol. The average molecular weight is 213 g/mol. The zero-order valence-corrected chi connectivity index (χ0v) is 8.23. The third-order valence-electron chi connectivity index (χ3n) is 2.68. The van der Waals surface area contributed by atoms with Crippen LogP contribution in [-0.4, -0.2) is 16.6 Å². The van der Waals surface area contributed by atoms with Crippen molar-refractivity contribution in [3.05, 3.63) is 0 Å². The van der Waals surface area contributed by atoms with Crippen molar-refractivity contribution < 1.29 is 13.9 Å². The molecule has 1 N–H and O–H groups in total. The lowest BCUT2D eigenvalue weighted by Gasteiger charge is -2.24. The first-order chi connectivity index (χ1) is 6.02. The topological polar surface area (TPSA) is 20.2 Å². The van der Waals surface area contributed by atoms with Gasteiger partial charge in [0.25, 0.3) is 0 Å². The van der Waals surface area contributed by atoms with Crippen molar-refractivity contribution in [1.82, 2.24) is 0 Å². The van der Waals surface area contributed by atoms with Crippen LogP contribution in [0.5, 0.6) is 0 Å². The van der Waals surface area contributed by atoms with Gasteiger partial charge in [-0.1, -0.05) is 25.7 Å². The first kappa shape index (κ1) is 11.2. The maximum atomic E-state index is 12.5. The molecule has 1 nitrogen and oxygen atoms in total. The zero-order valence-electron chi connectivity index (χ0n) is 7.48. The molecule has 0 aromatic heterocycles. The van der Waals surface area contributed by atoms with Gasteiger partial charge in [0.1, 0.15) is 6.10 Å². The molecular weight excluding hydrogens is 198 g/mol. The minimum atomic E-state index is -3.46. The van der Waals surface area contributed by atoms with Gasteiger partial charge in [0.05, 0.1) is 0 Å². The molecule has 1 atom stereocenters. The van der Waals surface area contributed by atoms with Crippen molar-refractivity contribution in [3.8, 4) is 0 Å². The molecule has 0 heterocycles. The minimum Gasteiger partial charge on any atom is -0.385 e. The van der Waals surface area contributed by atoms with E-state index in [0.717, 1.165) is 25.7 Å². The second-order valence-electron chi connectivity index (χ2n) is 3.74. The summed E-state index contributed by atoms with van der Waals surface area (Å²) in [5.74, 6) is -0.324. The lowest BCUT2D eigenvalue weighted by molar-refractivity contribution is -0.0737. The molecule has 1 aliphatic rings. The molecule has 1 fully saturated rings. The van der Waals surface area contributed by atoms with E-state index >= 15 is 0 Å². The van der Waals surface area contributed by atoms with Crippen LogP contribution < -0.4 is 0 Å². The van der Waals surface area contributed by atoms with E-state index in [9.17, 15) is 13.9 Å². The number of hydrogen-bond acceptors (Lipinski definition) is 1. The fourth-order valence-electron chi connectivity index (χ4n) is 1.89. The van der Waals surface area contributed by atoms with E-state index in [4.69, 9.17) is 11.6 Å². The summed E-state index contributed by atoms with van der Waals surface area (Å²) in [5.41, 5.74) is 0. The molecule has 78 valence electrons. The Labute approximate surface area is 82.1 Å². The van der Waals surface area contributed by atoms with Crippen LogP contribution in [0.4, 0.5) is 8.78 Å². The normalized spacial score (nSPS) is 24.0. The number of aliphatic hydroxyl groups is 1. The van der Waals surface area contributed by atoms with E-state index < -0.39 is 11.5 Å². The summed E-state index contributed by atoms with van der Waals surface area (Å²) in [5, 5.41) is 5.79. The number of aliphatic hydroxyl groups excluding tert-OH is 1. The minimum absolute atomic E-state index is 0.324. The fourth-order valence-corrected chi connectivity index (χ4v) is 2.07. The Kier molecular flexibility index (Phi) is 3.92.